The summed E-state index contributed by atoms with van der Waals surface area (Å²) in [6.07, 6.45) is 0. The van der Waals surface area contributed by atoms with Crippen molar-refractivity contribution < 1.29 is 9.47 Å². The number of methoxy groups -OCH3 is 1. The van der Waals surface area contributed by atoms with Crippen LogP contribution < -0.4 is 15.4 Å². The van der Waals surface area contributed by atoms with Gasteiger partial charge in [0.1, 0.15) is 28.7 Å². The number of fused-ring (bicyclic) bond motifs is 3. The van der Waals surface area contributed by atoms with Gasteiger partial charge in [-0.05, 0) is 30.7 Å². The highest BCUT2D eigenvalue weighted by atomic mass is 16.5. The van der Waals surface area contributed by atoms with Gasteiger partial charge in [-0.15, -0.1) is 0 Å². The zero-order valence-corrected chi connectivity index (χ0v) is 19.3. The summed E-state index contributed by atoms with van der Waals surface area (Å²) in [6, 6.07) is 13.8. The molecule has 174 valence electrons. The molecule has 34 heavy (non-hydrogen) atoms. The molecule has 4 aromatic rings. The maximum Gasteiger partial charge on any atom is 0.201 e. The number of pyridine rings is 1. The first-order valence-electron chi connectivity index (χ1n) is 11.3. The predicted molar refractivity (Wildman–Crippen MR) is 133 cm³/mol. The third-order valence-electron chi connectivity index (χ3n) is 6.08. The molecule has 2 aromatic heterocycles. The lowest BCUT2D eigenvalue weighted by Gasteiger charge is -2.26. The molecule has 3 heterocycles. The fourth-order valence-corrected chi connectivity index (χ4v) is 4.12. The van der Waals surface area contributed by atoms with Crippen molar-refractivity contribution in [2.75, 3.05) is 57.1 Å². The Kier molecular flexibility index (Phi) is 6.16. The van der Waals surface area contributed by atoms with Crippen molar-refractivity contribution in [2.45, 2.75) is 6.92 Å². The molecule has 0 bridgehead atoms. The number of nitrogens with zero attached hydrogens (tertiary/aromatic N) is 4. The van der Waals surface area contributed by atoms with Crippen LogP contribution in [0.4, 0.5) is 17.5 Å². The number of aromatic amines is 1. The monoisotopic (exact) mass is 457 g/mol. The minimum Gasteiger partial charge on any atom is -0.497 e. The highest BCUT2D eigenvalue weighted by Gasteiger charge is 2.14. The van der Waals surface area contributed by atoms with Gasteiger partial charge in [0.15, 0.2) is 0 Å². The third kappa shape index (κ3) is 4.46. The van der Waals surface area contributed by atoms with E-state index in [-0.39, 0.29) is 0 Å². The van der Waals surface area contributed by atoms with Crippen molar-refractivity contribution in [1.29, 1.82) is 5.26 Å². The van der Waals surface area contributed by atoms with Crippen molar-refractivity contribution >= 4 is 39.4 Å². The molecule has 1 saturated heterocycles. The summed E-state index contributed by atoms with van der Waals surface area (Å²) in [5.74, 6) is 1.93. The van der Waals surface area contributed by atoms with E-state index in [0.717, 1.165) is 78.3 Å². The predicted octanol–water partition coefficient (Wildman–Crippen LogP) is 3.79. The lowest BCUT2D eigenvalue weighted by molar-refractivity contribution is 0.0398. The average molecular weight is 458 g/mol. The molecule has 0 unspecified atom stereocenters. The summed E-state index contributed by atoms with van der Waals surface area (Å²) in [7, 11) is 1.63. The standard InChI is InChI=1S/C25H27N7O2/c1-16-3-5-19(33-2)14-21(16)28-24-18(15-26)13-17-4-6-20-23(22(17)30-24)31-25(29-20)27-7-8-32-9-11-34-12-10-32/h3-6,13-14H,7-12H2,1-2H3,(H,28,30)(H2,27,29,31). The number of anilines is 3. The first-order chi connectivity index (χ1) is 16.6. The van der Waals surface area contributed by atoms with E-state index in [9.17, 15) is 5.26 Å². The number of imidazole rings is 1. The van der Waals surface area contributed by atoms with Crippen LogP contribution in [0.15, 0.2) is 36.4 Å². The molecular formula is C25H27N7O2. The quantitative estimate of drug-likeness (QED) is 0.384. The van der Waals surface area contributed by atoms with E-state index in [0.29, 0.717) is 17.3 Å². The fourth-order valence-electron chi connectivity index (χ4n) is 4.12. The van der Waals surface area contributed by atoms with Gasteiger partial charge in [0.05, 0.1) is 31.4 Å². The Morgan fingerprint density at radius 2 is 2.00 bits per heavy atom. The molecule has 0 radical (unpaired) electrons. The molecule has 5 rings (SSSR count). The molecule has 1 aliphatic heterocycles. The number of ether oxygens (including phenoxy) is 2. The molecule has 1 fully saturated rings. The Hall–Kier alpha value is -3.87. The number of morpholine rings is 1. The Balaban J connectivity index is 1.44. The molecule has 0 spiro atoms. The number of benzene rings is 2. The topological polar surface area (TPSA) is 111 Å². The van der Waals surface area contributed by atoms with Crippen LogP contribution in [-0.2, 0) is 4.74 Å². The highest BCUT2D eigenvalue weighted by Crippen LogP contribution is 2.30. The van der Waals surface area contributed by atoms with E-state index in [1.165, 1.54) is 0 Å². The van der Waals surface area contributed by atoms with Gasteiger partial charge in [0.25, 0.3) is 0 Å². The molecule has 9 heteroatoms. The Morgan fingerprint density at radius 1 is 1.15 bits per heavy atom. The number of rotatable bonds is 7. The summed E-state index contributed by atoms with van der Waals surface area (Å²) in [5.41, 5.74) is 4.72. The highest BCUT2D eigenvalue weighted by molar-refractivity contribution is 6.03. The molecule has 1 aliphatic rings. The van der Waals surface area contributed by atoms with Crippen LogP contribution in [0, 0.1) is 18.3 Å². The van der Waals surface area contributed by atoms with Crippen LogP contribution in [0.5, 0.6) is 5.75 Å². The summed E-state index contributed by atoms with van der Waals surface area (Å²) >= 11 is 0. The summed E-state index contributed by atoms with van der Waals surface area (Å²) in [6.45, 7) is 7.21. The number of nitriles is 1. The summed E-state index contributed by atoms with van der Waals surface area (Å²) < 4.78 is 10.8. The average Bonchev–Trinajstić information content (AvgIpc) is 3.29. The molecule has 0 aliphatic carbocycles. The largest absolute Gasteiger partial charge is 0.497 e. The number of hydrogen-bond acceptors (Lipinski definition) is 8. The Labute approximate surface area is 197 Å². The number of aromatic nitrogens is 3. The number of aryl methyl sites for hydroxylation is 1. The first kappa shape index (κ1) is 21.9. The number of nitrogens with one attached hydrogen (secondary N) is 3. The normalized spacial score (nSPS) is 14.3. The van der Waals surface area contributed by atoms with Gasteiger partial charge in [0.2, 0.25) is 5.95 Å². The first-order valence-corrected chi connectivity index (χ1v) is 11.3. The second kappa shape index (κ2) is 9.55. The molecule has 0 atom stereocenters. The SMILES string of the molecule is COc1ccc(C)c(Nc2nc3c(ccc4[nH]c(NCCN5CCOCC5)nc43)cc2C#N)c1. The molecule has 3 N–H and O–H groups in total. The van der Waals surface area contributed by atoms with Crippen LogP contribution in [0.25, 0.3) is 21.9 Å². The van der Waals surface area contributed by atoms with Crippen molar-refractivity contribution in [3.05, 3.63) is 47.5 Å². The third-order valence-corrected chi connectivity index (χ3v) is 6.08. The van der Waals surface area contributed by atoms with Crippen molar-refractivity contribution in [3.8, 4) is 11.8 Å². The molecule has 2 aromatic carbocycles. The van der Waals surface area contributed by atoms with E-state index in [1.807, 2.05) is 43.3 Å². The lowest BCUT2D eigenvalue weighted by atomic mass is 10.1. The van der Waals surface area contributed by atoms with E-state index < -0.39 is 0 Å². The summed E-state index contributed by atoms with van der Waals surface area (Å²) in [4.78, 5) is 15.3. The molecule has 0 saturated carbocycles. The van der Waals surface area contributed by atoms with Crippen LogP contribution in [0.1, 0.15) is 11.1 Å². The smallest absolute Gasteiger partial charge is 0.201 e. The van der Waals surface area contributed by atoms with Gasteiger partial charge in [0, 0.05) is 43.3 Å². The Bertz CT molecular complexity index is 1370. The van der Waals surface area contributed by atoms with Crippen LogP contribution in [-0.4, -0.2) is 66.4 Å². The second-order valence-corrected chi connectivity index (χ2v) is 8.30. The van der Waals surface area contributed by atoms with Crippen LogP contribution in [0.3, 0.4) is 0 Å². The van der Waals surface area contributed by atoms with Crippen LogP contribution >= 0.6 is 0 Å². The van der Waals surface area contributed by atoms with E-state index in [2.05, 4.69) is 26.6 Å². The number of H-pyrrole nitrogens is 1. The molecular weight excluding hydrogens is 430 g/mol. The Morgan fingerprint density at radius 3 is 2.79 bits per heavy atom. The van der Waals surface area contributed by atoms with Gasteiger partial charge in [-0.25, -0.2) is 9.97 Å². The van der Waals surface area contributed by atoms with Crippen LogP contribution in [0.2, 0.25) is 0 Å². The molecule has 0 amide bonds. The van der Waals surface area contributed by atoms with E-state index in [4.69, 9.17) is 19.4 Å². The summed E-state index contributed by atoms with van der Waals surface area (Å²) in [5, 5.41) is 17.3. The van der Waals surface area contributed by atoms with Gasteiger partial charge in [-0.2, -0.15) is 5.26 Å². The zero-order chi connectivity index (χ0) is 23.5. The second-order valence-electron chi connectivity index (χ2n) is 8.30. The maximum atomic E-state index is 9.75. The minimum absolute atomic E-state index is 0.466. The minimum atomic E-state index is 0.466. The van der Waals surface area contributed by atoms with Gasteiger partial charge in [-0.1, -0.05) is 12.1 Å². The lowest BCUT2D eigenvalue weighted by Crippen LogP contribution is -2.39. The maximum absolute atomic E-state index is 9.75. The molecule has 9 nitrogen and oxygen atoms in total. The number of hydrogen-bond donors (Lipinski definition) is 3. The van der Waals surface area contributed by atoms with E-state index >= 15 is 0 Å². The van der Waals surface area contributed by atoms with Crippen molar-refractivity contribution in [2.24, 2.45) is 0 Å². The van der Waals surface area contributed by atoms with Gasteiger partial charge >= 0.3 is 0 Å². The fraction of sp³-hybridized carbons (Fsp3) is 0.320. The van der Waals surface area contributed by atoms with Gasteiger partial charge in [-0.3, -0.25) is 4.90 Å². The van der Waals surface area contributed by atoms with Crippen molar-refractivity contribution in [3.63, 3.8) is 0 Å². The van der Waals surface area contributed by atoms with Crippen molar-refractivity contribution in [1.82, 2.24) is 19.9 Å². The van der Waals surface area contributed by atoms with Gasteiger partial charge < -0.3 is 25.1 Å². The zero-order valence-electron chi connectivity index (χ0n) is 19.3. The van der Waals surface area contributed by atoms with E-state index in [1.54, 1.807) is 7.11 Å².